The van der Waals surface area contributed by atoms with Gasteiger partial charge >= 0.3 is 5.97 Å². The number of benzene rings is 1. The molecule has 2 aromatic rings. The molecule has 0 amide bonds. The second-order valence-corrected chi connectivity index (χ2v) is 4.24. The zero-order chi connectivity index (χ0) is 11.5. The van der Waals surface area contributed by atoms with Crippen LogP contribution >= 0.6 is 11.8 Å². The molecule has 0 unspecified atom stereocenters. The van der Waals surface area contributed by atoms with Crippen LogP contribution in [0.5, 0.6) is 0 Å². The number of carbonyl (C=O) groups is 1. The van der Waals surface area contributed by atoms with E-state index in [0.29, 0.717) is 5.22 Å². The number of rotatable bonds is 3. The lowest BCUT2D eigenvalue weighted by Crippen LogP contribution is -1.95. The molecule has 1 heterocycles. The Morgan fingerprint density at radius 1 is 1.38 bits per heavy atom. The van der Waals surface area contributed by atoms with Gasteiger partial charge in [0.2, 0.25) is 0 Å². The third kappa shape index (κ3) is 2.43. The Morgan fingerprint density at radius 2 is 2.06 bits per heavy atom. The number of nitrogens with zero attached hydrogens (tertiary/aromatic N) is 1. The van der Waals surface area contributed by atoms with Crippen LogP contribution in [0.15, 0.2) is 45.1 Å². The van der Waals surface area contributed by atoms with Crippen molar-refractivity contribution in [3.63, 3.8) is 0 Å². The van der Waals surface area contributed by atoms with Crippen LogP contribution in [0, 0.1) is 6.92 Å². The molecule has 16 heavy (non-hydrogen) atoms. The first-order valence-electron chi connectivity index (χ1n) is 4.58. The summed E-state index contributed by atoms with van der Waals surface area (Å²) in [6.07, 6.45) is 1.14. The van der Waals surface area contributed by atoms with Crippen molar-refractivity contribution in [2.75, 3.05) is 0 Å². The van der Waals surface area contributed by atoms with Crippen molar-refractivity contribution in [2.24, 2.45) is 0 Å². The van der Waals surface area contributed by atoms with Gasteiger partial charge < -0.3 is 9.52 Å². The number of carboxylic acid groups (broad SMARTS) is 1. The molecule has 0 bridgehead atoms. The Kier molecular flexibility index (Phi) is 2.96. The predicted molar refractivity (Wildman–Crippen MR) is 58.8 cm³/mol. The predicted octanol–water partition coefficient (Wildman–Crippen LogP) is 2.83. The average Bonchev–Trinajstić information content (AvgIpc) is 2.70. The molecule has 1 aromatic carbocycles. The Hall–Kier alpha value is -1.75. The topological polar surface area (TPSA) is 63.3 Å². The summed E-state index contributed by atoms with van der Waals surface area (Å²) < 4.78 is 5.03. The molecule has 0 saturated carbocycles. The number of aromatic carboxylic acids is 1. The van der Waals surface area contributed by atoms with Gasteiger partial charge in [-0.25, -0.2) is 4.79 Å². The third-order valence-corrected chi connectivity index (χ3v) is 2.80. The molecular formula is C11H9NO3S. The molecule has 0 radical (unpaired) electrons. The number of carboxylic acids is 1. The summed E-state index contributed by atoms with van der Waals surface area (Å²) in [6.45, 7) is 2.00. The molecule has 0 saturated heterocycles. The summed E-state index contributed by atoms with van der Waals surface area (Å²) in [4.78, 5) is 15.4. The van der Waals surface area contributed by atoms with Gasteiger partial charge in [0.05, 0.1) is 0 Å². The summed E-state index contributed by atoms with van der Waals surface area (Å²) in [5, 5.41) is 9.00. The molecule has 82 valence electrons. The van der Waals surface area contributed by atoms with Crippen molar-refractivity contribution in [3.8, 4) is 0 Å². The van der Waals surface area contributed by atoms with E-state index in [0.717, 1.165) is 11.2 Å². The van der Waals surface area contributed by atoms with Crippen molar-refractivity contribution in [3.05, 3.63) is 41.8 Å². The average molecular weight is 235 g/mol. The highest BCUT2D eigenvalue weighted by molar-refractivity contribution is 7.99. The highest BCUT2D eigenvalue weighted by Crippen LogP contribution is 2.26. The van der Waals surface area contributed by atoms with Gasteiger partial charge in [0, 0.05) is 4.90 Å². The van der Waals surface area contributed by atoms with Crippen LogP contribution in [0.2, 0.25) is 0 Å². The Bertz CT molecular complexity index is 504. The minimum Gasteiger partial charge on any atom is -0.476 e. The highest BCUT2D eigenvalue weighted by atomic mass is 32.2. The van der Waals surface area contributed by atoms with Crippen molar-refractivity contribution in [1.29, 1.82) is 0 Å². The highest BCUT2D eigenvalue weighted by Gasteiger charge is 2.11. The smallest absolute Gasteiger partial charge is 0.357 e. The van der Waals surface area contributed by atoms with Gasteiger partial charge in [0.15, 0.2) is 5.69 Å². The van der Waals surface area contributed by atoms with Gasteiger partial charge in [0.25, 0.3) is 5.22 Å². The molecular weight excluding hydrogens is 226 g/mol. The van der Waals surface area contributed by atoms with E-state index in [9.17, 15) is 4.79 Å². The normalized spacial score (nSPS) is 10.3. The summed E-state index contributed by atoms with van der Waals surface area (Å²) in [5.74, 6) is -1.08. The van der Waals surface area contributed by atoms with Gasteiger partial charge in [-0.15, -0.1) is 0 Å². The molecule has 4 nitrogen and oxygen atoms in total. The van der Waals surface area contributed by atoms with Crippen molar-refractivity contribution >= 4 is 17.7 Å². The van der Waals surface area contributed by atoms with Gasteiger partial charge in [0.1, 0.15) is 6.26 Å². The van der Waals surface area contributed by atoms with E-state index in [2.05, 4.69) is 4.98 Å². The standard InChI is InChI=1S/C11H9NO3S/c1-7-2-4-8(5-3-7)16-11-12-9(6-15-11)10(13)14/h2-6H,1H3,(H,13,14). The van der Waals surface area contributed by atoms with Crippen LogP contribution in [-0.4, -0.2) is 16.1 Å². The van der Waals surface area contributed by atoms with Crippen LogP contribution in [0.1, 0.15) is 16.1 Å². The number of aromatic nitrogens is 1. The largest absolute Gasteiger partial charge is 0.476 e. The molecule has 0 aliphatic rings. The number of aryl methyl sites for hydroxylation is 1. The third-order valence-electron chi connectivity index (χ3n) is 1.93. The van der Waals surface area contributed by atoms with E-state index >= 15 is 0 Å². The maximum absolute atomic E-state index is 10.6. The summed E-state index contributed by atoms with van der Waals surface area (Å²) in [5.41, 5.74) is 1.09. The molecule has 1 N–H and O–H groups in total. The van der Waals surface area contributed by atoms with Gasteiger partial charge in [-0.2, -0.15) is 4.98 Å². The second-order valence-electron chi connectivity index (χ2n) is 3.22. The summed E-state index contributed by atoms with van der Waals surface area (Å²) >= 11 is 1.29. The van der Waals surface area contributed by atoms with E-state index in [1.54, 1.807) is 0 Å². The molecule has 1 aromatic heterocycles. The summed E-state index contributed by atoms with van der Waals surface area (Å²) in [6, 6.07) is 7.82. The minimum absolute atomic E-state index is 0.0744. The van der Waals surface area contributed by atoms with E-state index in [4.69, 9.17) is 9.52 Å². The van der Waals surface area contributed by atoms with Gasteiger partial charge in [-0.05, 0) is 30.8 Å². The van der Waals surface area contributed by atoms with Crippen molar-refractivity contribution < 1.29 is 14.3 Å². The van der Waals surface area contributed by atoms with Crippen molar-refractivity contribution in [2.45, 2.75) is 17.0 Å². The Labute approximate surface area is 96.3 Å². The quantitative estimate of drug-likeness (QED) is 0.886. The minimum atomic E-state index is -1.08. The molecule has 5 heteroatoms. The Morgan fingerprint density at radius 3 is 2.62 bits per heavy atom. The fourth-order valence-corrected chi connectivity index (χ4v) is 1.82. The van der Waals surface area contributed by atoms with Crippen LogP contribution in [0.3, 0.4) is 0 Å². The zero-order valence-corrected chi connectivity index (χ0v) is 9.32. The molecule has 0 aliphatic carbocycles. The SMILES string of the molecule is Cc1ccc(Sc2nc(C(=O)O)co2)cc1. The lowest BCUT2D eigenvalue weighted by Gasteiger charge is -1.96. The molecule has 0 atom stereocenters. The van der Waals surface area contributed by atoms with Crippen LogP contribution in [-0.2, 0) is 0 Å². The first-order chi connectivity index (χ1) is 7.65. The maximum atomic E-state index is 10.6. The Balaban J connectivity index is 2.14. The van der Waals surface area contributed by atoms with Gasteiger partial charge in [-0.1, -0.05) is 17.7 Å². The zero-order valence-electron chi connectivity index (χ0n) is 8.51. The van der Waals surface area contributed by atoms with Crippen molar-refractivity contribution in [1.82, 2.24) is 4.98 Å². The molecule has 0 spiro atoms. The van der Waals surface area contributed by atoms with E-state index in [1.165, 1.54) is 17.3 Å². The molecule has 2 rings (SSSR count). The monoisotopic (exact) mass is 235 g/mol. The van der Waals surface area contributed by atoms with Crippen LogP contribution in [0.4, 0.5) is 0 Å². The summed E-state index contributed by atoms with van der Waals surface area (Å²) in [7, 11) is 0. The second kappa shape index (κ2) is 4.40. The number of hydrogen-bond acceptors (Lipinski definition) is 4. The lowest BCUT2D eigenvalue weighted by atomic mass is 10.2. The first-order valence-corrected chi connectivity index (χ1v) is 5.40. The van der Waals surface area contributed by atoms with Gasteiger partial charge in [-0.3, -0.25) is 0 Å². The van der Waals surface area contributed by atoms with E-state index in [1.807, 2.05) is 31.2 Å². The van der Waals surface area contributed by atoms with E-state index < -0.39 is 5.97 Å². The maximum Gasteiger partial charge on any atom is 0.357 e. The molecule has 0 fully saturated rings. The number of hydrogen-bond donors (Lipinski definition) is 1. The van der Waals surface area contributed by atoms with Crippen LogP contribution < -0.4 is 0 Å². The van der Waals surface area contributed by atoms with E-state index in [-0.39, 0.29) is 5.69 Å². The fraction of sp³-hybridized carbons (Fsp3) is 0.0909. The fourth-order valence-electron chi connectivity index (χ4n) is 1.11. The van der Waals surface area contributed by atoms with Crippen LogP contribution in [0.25, 0.3) is 0 Å². The lowest BCUT2D eigenvalue weighted by molar-refractivity contribution is 0.0690. The number of oxazole rings is 1. The molecule has 0 aliphatic heterocycles. The first kappa shape index (κ1) is 10.8.